The highest BCUT2D eigenvalue weighted by molar-refractivity contribution is 5.95. The Morgan fingerprint density at radius 2 is 1.72 bits per heavy atom. The SMILES string of the molecule is CC(C)C1C(=O)C[C@]2(NC(=O)Nc3ccccn3)CC[C@]3(C)C(=C12)CC[C@@H]1[C@@]2(C)CC[C@H](OC(=O)CC(C)(C)C(=O)O)C(C)(C)[C@@H]2CC[C@]13C. The molecule has 0 saturated heterocycles. The van der Waals surface area contributed by atoms with Gasteiger partial charge >= 0.3 is 18.0 Å². The number of carboxylic acid groups (broad SMARTS) is 1. The topological polar surface area (TPSA) is 135 Å². The molecule has 3 N–H and O–H groups in total. The summed E-state index contributed by atoms with van der Waals surface area (Å²) in [6.45, 7) is 19.4. The summed E-state index contributed by atoms with van der Waals surface area (Å²) in [6, 6.07) is 5.10. The molecule has 5 aliphatic carbocycles. The van der Waals surface area contributed by atoms with Gasteiger partial charge in [0, 0.05) is 24.0 Å². The second kappa shape index (κ2) is 12.2. The van der Waals surface area contributed by atoms with E-state index >= 15 is 0 Å². The fourth-order valence-electron chi connectivity index (χ4n) is 12.3. The number of aromatic nitrogens is 1. The second-order valence-corrected chi connectivity index (χ2v) is 18.8. The lowest BCUT2D eigenvalue weighted by atomic mass is 9.34. The van der Waals surface area contributed by atoms with Gasteiger partial charge in [0.1, 0.15) is 17.7 Å². The molecule has 1 aromatic rings. The lowest BCUT2D eigenvalue weighted by molar-refractivity contribution is -0.214. The largest absolute Gasteiger partial charge is 0.481 e. The van der Waals surface area contributed by atoms with Gasteiger partial charge in [0.25, 0.3) is 0 Å². The van der Waals surface area contributed by atoms with E-state index in [1.165, 1.54) is 11.1 Å². The van der Waals surface area contributed by atoms with Gasteiger partial charge in [-0.25, -0.2) is 9.78 Å². The Bertz CT molecular complexity index is 1600. The number of Topliss-reactive ketones (excluding diaryl/α,β-unsaturated/α-hetero) is 1. The molecule has 2 amide bonds. The number of carboxylic acids is 1. The van der Waals surface area contributed by atoms with Crippen molar-refractivity contribution in [1.29, 1.82) is 0 Å². The van der Waals surface area contributed by atoms with E-state index < -0.39 is 22.9 Å². The molecule has 1 heterocycles. The number of carbonyl (C=O) groups excluding carboxylic acids is 3. The van der Waals surface area contributed by atoms with Crippen molar-refractivity contribution >= 4 is 29.6 Å². The standard InChI is InChI=1S/C41H59N3O6/c1-24(2)32-26(45)22-41(44-35(49)43-30-12-10-11-21-42-30)20-19-39(8)25(33(32)41)13-14-28-38(7)17-16-29(50-31(46)23-36(3,4)34(47)48)37(5,6)27(38)15-18-40(28,39)9/h10-12,21,24,27-29,32H,13-20,22-23H2,1-9H3,(H,47,48)(H2,42,43,44,49)/t27-,28+,29-,32?,38-,39+,40+,41+/m0/s1. The van der Waals surface area contributed by atoms with Crippen LogP contribution >= 0.6 is 0 Å². The zero-order valence-electron chi connectivity index (χ0n) is 31.7. The van der Waals surface area contributed by atoms with E-state index in [9.17, 15) is 24.3 Å². The number of esters is 1. The van der Waals surface area contributed by atoms with Crippen LogP contribution in [0.15, 0.2) is 35.5 Å². The molecule has 9 heteroatoms. The highest BCUT2D eigenvalue weighted by atomic mass is 16.5. The first kappa shape index (κ1) is 36.6. The predicted octanol–water partition coefficient (Wildman–Crippen LogP) is 8.35. The third kappa shape index (κ3) is 5.51. The molecule has 5 aliphatic rings. The molecule has 274 valence electrons. The molecular formula is C41H59N3O6. The van der Waals surface area contributed by atoms with Gasteiger partial charge < -0.3 is 15.2 Å². The maximum absolute atomic E-state index is 13.9. The predicted molar refractivity (Wildman–Crippen MR) is 192 cm³/mol. The van der Waals surface area contributed by atoms with E-state index in [1.807, 2.05) is 12.1 Å². The smallest absolute Gasteiger partial charge is 0.321 e. The zero-order chi connectivity index (χ0) is 36.7. The minimum atomic E-state index is -1.17. The van der Waals surface area contributed by atoms with E-state index in [-0.39, 0.29) is 57.8 Å². The molecule has 6 rings (SSSR count). The zero-order valence-corrected chi connectivity index (χ0v) is 31.7. The van der Waals surface area contributed by atoms with Crippen molar-refractivity contribution in [1.82, 2.24) is 10.3 Å². The fraction of sp³-hybridized carbons (Fsp3) is 0.732. The number of anilines is 1. The second-order valence-electron chi connectivity index (χ2n) is 18.8. The Morgan fingerprint density at radius 1 is 1.00 bits per heavy atom. The molecule has 0 spiro atoms. The van der Waals surface area contributed by atoms with Gasteiger partial charge in [0.05, 0.1) is 17.4 Å². The van der Waals surface area contributed by atoms with Crippen LogP contribution in [-0.4, -0.2) is 45.5 Å². The molecule has 1 aromatic heterocycles. The monoisotopic (exact) mass is 689 g/mol. The number of allylic oxidation sites excluding steroid dienone is 1. The number of aliphatic carboxylic acids is 1. The van der Waals surface area contributed by atoms with E-state index in [0.717, 1.165) is 51.4 Å². The normalized spacial score (nSPS) is 37.6. The summed E-state index contributed by atoms with van der Waals surface area (Å²) in [5.41, 5.74) is 0.402. The van der Waals surface area contributed by atoms with Gasteiger partial charge in [0.15, 0.2) is 0 Å². The Hall–Kier alpha value is -3.23. The lowest BCUT2D eigenvalue weighted by Gasteiger charge is -2.70. The molecule has 8 atom stereocenters. The number of hydrogen-bond donors (Lipinski definition) is 3. The Kier molecular flexibility index (Phi) is 8.91. The van der Waals surface area contributed by atoms with Crippen LogP contribution in [-0.2, 0) is 19.1 Å². The molecule has 0 aromatic carbocycles. The minimum Gasteiger partial charge on any atom is -0.481 e. The van der Waals surface area contributed by atoms with Crippen molar-refractivity contribution in [3.63, 3.8) is 0 Å². The van der Waals surface area contributed by atoms with Crippen LogP contribution in [0.25, 0.3) is 0 Å². The third-order valence-electron chi connectivity index (χ3n) is 15.0. The van der Waals surface area contributed by atoms with E-state index in [0.29, 0.717) is 24.1 Å². The van der Waals surface area contributed by atoms with E-state index in [2.05, 4.69) is 64.1 Å². The van der Waals surface area contributed by atoms with Crippen LogP contribution in [0.4, 0.5) is 10.6 Å². The number of hydrogen-bond acceptors (Lipinski definition) is 6. The Morgan fingerprint density at radius 3 is 2.36 bits per heavy atom. The Labute approximate surface area is 298 Å². The van der Waals surface area contributed by atoms with Gasteiger partial charge in [-0.2, -0.15) is 0 Å². The summed E-state index contributed by atoms with van der Waals surface area (Å²) in [5, 5.41) is 15.9. The van der Waals surface area contributed by atoms with Crippen molar-refractivity contribution in [2.24, 2.45) is 50.7 Å². The number of carbonyl (C=O) groups is 4. The van der Waals surface area contributed by atoms with Gasteiger partial charge in [-0.3, -0.25) is 19.7 Å². The van der Waals surface area contributed by atoms with Gasteiger partial charge in [-0.15, -0.1) is 0 Å². The number of urea groups is 1. The van der Waals surface area contributed by atoms with Crippen molar-refractivity contribution in [3.8, 4) is 0 Å². The molecule has 9 nitrogen and oxygen atoms in total. The number of pyridine rings is 1. The van der Waals surface area contributed by atoms with Gasteiger partial charge in [-0.1, -0.05) is 60.1 Å². The minimum absolute atomic E-state index is 0.000513. The average molecular weight is 690 g/mol. The number of nitrogens with zero attached hydrogens (tertiary/aromatic N) is 1. The van der Waals surface area contributed by atoms with Crippen LogP contribution in [0.5, 0.6) is 0 Å². The van der Waals surface area contributed by atoms with Crippen LogP contribution < -0.4 is 10.6 Å². The summed E-state index contributed by atoms with van der Waals surface area (Å²) >= 11 is 0. The number of fused-ring (bicyclic) bond motifs is 6. The molecule has 1 unspecified atom stereocenters. The molecule has 0 radical (unpaired) electrons. The maximum atomic E-state index is 13.9. The molecule has 4 saturated carbocycles. The number of ether oxygens (including phenoxy) is 1. The number of rotatable bonds is 7. The van der Waals surface area contributed by atoms with Crippen LogP contribution in [0.3, 0.4) is 0 Å². The molecular weight excluding hydrogens is 630 g/mol. The molecule has 50 heavy (non-hydrogen) atoms. The summed E-state index contributed by atoms with van der Waals surface area (Å²) in [7, 11) is 0. The van der Waals surface area contributed by atoms with Crippen molar-refractivity contribution < 1.29 is 29.0 Å². The van der Waals surface area contributed by atoms with Crippen LogP contribution in [0, 0.1) is 50.7 Å². The van der Waals surface area contributed by atoms with E-state index in [4.69, 9.17) is 4.74 Å². The highest BCUT2D eigenvalue weighted by Crippen LogP contribution is 2.75. The average Bonchev–Trinajstić information content (AvgIpc) is 3.30. The highest BCUT2D eigenvalue weighted by Gasteiger charge is 2.69. The molecule has 4 fully saturated rings. The number of amides is 2. The van der Waals surface area contributed by atoms with Crippen molar-refractivity contribution in [2.45, 2.75) is 138 Å². The summed E-state index contributed by atoms with van der Waals surface area (Å²) in [6.07, 6.45) is 8.94. The van der Waals surface area contributed by atoms with E-state index in [1.54, 1.807) is 26.1 Å². The van der Waals surface area contributed by atoms with Crippen molar-refractivity contribution in [2.75, 3.05) is 5.32 Å². The first-order valence-electron chi connectivity index (χ1n) is 18.9. The third-order valence-corrected chi connectivity index (χ3v) is 15.0. The van der Waals surface area contributed by atoms with Crippen LogP contribution in [0.1, 0.15) is 127 Å². The first-order chi connectivity index (χ1) is 23.2. The summed E-state index contributed by atoms with van der Waals surface area (Å²) in [5.74, 6) is 0.00977. The summed E-state index contributed by atoms with van der Waals surface area (Å²) in [4.78, 5) is 56.5. The Balaban J connectivity index is 1.31. The summed E-state index contributed by atoms with van der Waals surface area (Å²) < 4.78 is 6.14. The maximum Gasteiger partial charge on any atom is 0.321 e. The van der Waals surface area contributed by atoms with Gasteiger partial charge in [0.2, 0.25) is 0 Å². The fourth-order valence-corrected chi connectivity index (χ4v) is 12.3. The first-order valence-corrected chi connectivity index (χ1v) is 18.9. The van der Waals surface area contributed by atoms with Gasteiger partial charge in [-0.05, 0) is 117 Å². The molecule has 0 aliphatic heterocycles. The lowest BCUT2D eigenvalue weighted by Crippen LogP contribution is -2.65. The van der Waals surface area contributed by atoms with Crippen LogP contribution in [0.2, 0.25) is 0 Å². The van der Waals surface area contributed by atoms with Crippen molar-refractivity contribution in [3.05, 3.63) is 35.5 Å². The molecule has 0 bridgehead atoms. The number of nitrogens with one attached hydrogen (secondary N) is 2. The number of ketones is 1. The quantitative estimate of drug-likeness (QED) is 0.193.